The van der Waals surface area contributed by atoms with Gasteiger partial charge in [-0.3, -0.25) is 0 Å². The van der Waals surface area contributed by atoms with Gasteiger partial charge in [-0.1, -0.05) is 51.1 Å². The molecule has 0 bridgehead atoms. The molecule has 0 heterocycles. The third-order valence-corrected chi connectivity index (χ3v) is 8.38. The lowest BCUT2D eigenvalue weighted by atomic mass is 10.1. The van der Waals surface area contributed by atoms with Gasteiger partial charge in [0, 0.05) is 0 Å². The molecule has 1 aromatic rings. The highest BCUT2D eigenvalue weighted by Gasteiger charge is 2.39. The molecule has 1 rings (SSSR count). The zero-order chi connectivity index (χ0) is 14.0. The van der Waals surface area contributed by atoms with Gasteiger partial charge in [0.05, 0.1) is 5.76 Å². The maximum Gasteiger partial charge on any atom is 0.250 e. The summed E-state index contributed by atoms with van der Waals surface area (Å²) in [5.41, 5.74) is 2.48. The molecule has 0 saturated carbocycles. The van der Waals surface area contributed by atoms with Gasteiger partial charge in [0.1, 0.15) is 0 Å². The Morgan fingerprint density at radius 2 is 1.50 bits per heavy atom. The normalized spacial score (nSPS) is 14.2. The van der Waals surface area contributed by atoms with Crippen molar-refractivity contribution in [1.82, 2.24) is 0 Å². The van der Waals surface area contributed by atoms with E-state index in [-0.39, 0.29) is 5.04 Å². The van der Waals surface area contributed by atoms with Gasteiger partial charge in [0.25, 0.3) is 0 Å². The third-order valence-electron chi connectivity index (χ3n) is 3.95. The molecule has 0 aromatic heterocycles. The second kappa shape index (κ2) is 5.31. The predicted molar refractivity (Wildman–Crippen MR) is 83.0 cm³/mol. The predicted octanol–water partition coefficient (Wildman–Crippen LogP) is 5.46. The van der Waals surface area contributed by atoms with Crippen molar-refractivity contribution in [1.29, 1.82) is 0 Å². The zero-order valence-electron chi connectivity index (χ0n) is 12.8. The molecule has 18 heavy (non-hydrogen) atoms. The highest BCUT2D eigenvalue weighted by Crippen LogP contribution is 2.38. The molecule has 0 saturated heterocycles. The summed E-state index contributed by atoms with van der Waals surface area (Å²) in [7, 11) is -1.72. The second-order valence-electron chi connectivity index (χ2n) is 6.41. The first kappa shape index (κ1) is 15.0. The lowest BCUT2D eigenvalue weighted by Gasteiger charge is -2.37. The smallest absolute Gasteiger partial charge is 0.250 e. The Bertz CT molecular complexity index is 424. The van der Waals surface area contributed by atoms with E-state index in [1.165, 1.54) is 11.1 Å². The Labute approximate surface area is 113 Å². The van der Waals surface area contributed by atoms with Crippen molar-refractivity contribution >= 4 is 13.9 Å². The van der Waals surface area contributed by atoms with Crippen molar-refractivity contribution in [3.63, 3.8) is 0 Å². The van der Waals surface area contributed by atoms with Crippen LogP contribution in [0.4, 0.5) is 0 Å². The van der Waals surface area contributed by atoms with E-state index in [4.69, 9.17) is 4.43 Å². The fourth-order valence-electron chi connectivity index (χ4n) is 1.50. The van der Waals surface area contributed by atoms with E-state index in [0.29, 0.717) is 0 Å². The van der Waals surface area contributed by atoms with E-state index < -0.39 is 8.32 Å². The van der Waals surface area contributed by atoms with E-state index in [1.54, 1.807) is 0 Å². The standard InChI is InChI=1S/C16H26OSi/c1-13(15-11-9-8-10-12-15)14(2)17-18(6,7)16(3,4)5/h8-12H,1-7H3/b14-13+. The monoisotopic (exact) mass is 262 g/mol. The maximum atomic E-state index is 6.34. The van der Waals surface area contributed by atoms with Crippen molar-refractivity contribution < 1.29 is 4.43 Å². The maximum absolute atomic E-state index is 6.34. The van der Waals surface area contributed by atoms with Crippen molar-refractivity contribution in [3.05, 3.63) is 41.7 Å². The van der Waals surface area contributed by atoms with Crippen LogP contribution in [0.5, 0.6) is 0 Å². The van der Waals surface area contributed by atoms with Crippen molar-refractivity contribution in [2.75, 3.05) is 0 Å². The summed E-state index contributed by atoms with van der Waals surface area (Å²) in [4.78, 5) is 0. The van der Waals surface area contributed by atoms with Crippen LogP contribution in [0, 0.1) is 0 Å². The van der Waals surface area contributed by atoms with Crippen molar-refractivity contribution in [2.24, 2.45) is 0 Å². The molecule has 0 fully saturated rings. The molecule has 1 aromatic carbocycles. The SMILES string of the molecule is C/C(O[Si](C)(C)C(C)(C)C)=C(/C)c1ccccc1. The summed E-state index contributed by atoms with van der Waals surface area (Å²) in [6, 6.07) is 10.4. The summed E-state index contributed by atoms with van der Waals surface area (Å²) in [5.74, 6) is 1.06. The van der Waals surface area contributed by atoms with Crippen LogP contribution in [-0.2, 0) is 4.43 Å². The van der Waals surface area contributed by atoms with Crippen LogP contribution in [0.3, 0.4) is 0 Å². The van der Waals surface area contributed by atoms with Crippen LogP contribution in [0.1, 0.15) is 40.2 Å². The number of hydrogen-bond acceptors (Lipinski definition) is 1. The lowest BCUT2D eigenvalue weighted by Crippen LogP contribution is -2.40. The average molecular weight is 262 g/mol. The van der Waals surface area contributed by atoms with Crippen LogP contribution in [0.25, 0.3) is 5.57 Å². The fourth-order valence-corrected chi connectivity index (χ4v) is 2.73. The molecule has 0 N–H and O–H groups in total. The lowest BCUT2D eigenvalue weighted by molar-refractivity contribution is 0.388. The molecular formula is C16H26OSi. The van der Waals surface area contributed by atoms with Gasteiger partial charge in [0.15, 0.2) is 0 Å². The molecule has 0 spiro atoms. The van der Waals surface area contributed by atoms with Crippen LogP contribution < -0.4 is 0 Å². The molecule has 0 atom stereocenters. The molecular weight excluding hydrogens is 236 g/mol. The molecule has 1 nitrogen and oxygen atoms in total. The summed E-state index contributed by atoms with van der Waals surface area (Å²) >= 11 is 0. The number of allylic oxidation sites excluding steroid dienone is 2. The van der Waals surface area contributed by atoms with Gasteiger partial charge in [-0.15, -0.1) is 0 Å². The van der Waals surface area contributed by atoms with Gasteiger partial charge in [0.2, 0.25) is 8.32 Å². The average Bonchev–Trinajstić information content (AvgIpc) is 2.27. The van der Waals surface area contributed by atoms with Crippen molar-refractivity contribution in [3.8, 4) is 0 Å². The Morgan fingerprint density at radius 1 is 1.00 bits per heavy atom. The third kappa shape index (κ3) is 3.48. The molecule has 2 heteroatoms. The molecule has 0 aliphatic carbocycles. The van der Waals surface area contributed by atoms with E-state index >= 15 is 0 Å². The summed E-state index contributed by atoms with van der Waals surface area (Å²) in [6.07, 6.45) is 0. The van der Waals surface area contributed by atoms with E-state index in [9.17, 15) is 0 Å². The van der Waals surface area contributed by atoms with Gasteiger partial charge < -0.3 is 4.43 Å². The fraction of sp³-hybridized carbons (Fsp3) is 0.500. The second-order valence-corrected chi connectivity index (χ2v) is 11.1. The first-order valence-electron chi connectivity index (χ1n) is 6.57. The Kier molecular flexibility index (Phi) is 4.44. The highest BCUT2D eigenvalue weighted by molar-refractivity contribution is 6.74. The molecule has 0 unspecified atom stereocenters. The van der Waals surface area contributed by atoms with Gasteiger partial charge in [-0.25, -0.2) is 0 Å². The van der Waals surface area contributed by atoms with Crippen LogP contribution in [-0.4, -0.2) is 8.32 Å². The molecule has 0 radical (unpaired) electrons. The van der Waals surface area contributed by atoms with Gasteiger partial charge in [-0.2, -0.15) is 0 Å². The minimum atomic E-state index is -1.72. The minimum Gasteiger partial charge on any atom is -0.547 e. The Morgan fingerprint density at radius 3 is 1.94 bits per heavy atom. The molecule has 100 valence electrons. The highest BCUT2D eigenvalue weighted by atomic mass is 28.4. The largest absolute Gasteiger partial charge is 0.547 e. The Balaban J connectivity index is 2.98. The zero-order valence-corrected chi connectivity index (χ0v) is 13.8. The summed E-state index contributed by atoms with van der Waals surface area (Å²) < 4.78 is 6.34. The summed E-state index contributed by atoms with van der Waals surface area (Å²) in [5, 5.41) is 0.241. The first-order valence-corrected chi connectivity index (χ1v) is 9.48. The number of benzene rings is 1. The van der Waals surface area contributed by atoms with E-state index in [2.05, 4.69) is 72.0 Å². The summed E-state index contributed by atoms with van der Waals surface area (Å²) in [6.45, 7) is 15.6. The van der Waals surface area contributed by atoms with E-state index in [1.807, 2.05) is 6.07 Å². The Hall–Kier alpha value is -1.02. The van der Waals surface area contributed by atoms with Crippen LogP contribution >= 0.6 is 0 Å². The first-order chi connectivity index (χ1) is 8.15. The number of hydrogen-bond donors (Lipinski definition) is 0. The van der Waals surface area contributed by atoms with Crippen molar-refractivity contribution in [2.45, 2.75) is 52.8 Å². The molecule has 0 aliphatic heterocycles. The molecule has 0 amide bonds. The quantitative estimate of drug-likeness (QED) is 0.519. The molecule has 0 aliphatic rings. The van der Waals surface area contributed by atoms with Crippen LogP contribution in [0.15, 0.2) is 36.1 Å². The topological polar surface area (TPSA) is 9.23 Å². The minimum absolute atomic E-state index is 0.241. The van der Waals surface area contributed by atoms with Gasteiger partial charge in [-0.05, 0) is 43.1 Å². The number of rotatable bonds is 3. The van der Waals surface area contributed by atoms with Gasteiger partial charge >= 0.3 is 0 Å². The van der Waals surface area contributed by atoms with Crippen LogP contribution in [0.2, 0.25) is 18.1 Å². The van der Waals surface area contributed by atoms with E-state index in [0.717, 1.165) is 5.76 Å².